The van der Waals surface area contributed by atoms with E-state index in [9.17, 15) is 14.7 Å². The number of para-hydroxylation sites is 1. The number of hydrogen-bond acceptors (Lipinski definition) is 4. The fourth-order valence-corrected chi connectivity index (χ4v) is 3.61. The number of hydrogen-bond donors (Lipinski definition) is 1. The Hall–Kier alpha value is -1.15. The van der Waals surface area contributed by atoms with E-state index in [4.69, 9.17) is 4.74 Å². The van der Waals surface area contributed by atoms with E-state index in [0.717, 1.165) is 9.99 Å². The highest BCUT2D eigenvalue weighted by Crippen LogP contribution is 2.43. The molecule has 0 saturated carbocycles. The summed E-state index contributed by atoms with van der Waals surface area (Å²) in [7, 11) is 0. The average molecular weight is 386 g/mol. The maximum absolute atomic E-state index is 12.4. The van der Waals surface area contributed by atoms with Crippen LogP contribution in [0.5, 0.6) is 0 Å². The van der Waals surface area contributed by atoms with Crippen LogP contribution < -0.4 is 10.4 Å². The zero-order valence-corrected chi connectivity index (χ0v) is 12.7. The van der Waals surface area contributed by atoms with Crippen molar-refractivity contribution < 1.29 is 19.4 Å². The number of carboxylic acid groups (broad SMARTS) is 1. The third-order valence-corrected chi connectivity index (χ3v) is 4.92. The van der Waals surface area contributed by atoms with Crippen LogP contribution in [-0.4, -0.2) is 24.1 Å². The van der Waals surface area contributed by atoms with E-state index in [1.807, 2.05) is 18.2 Å². The predicted octanol–water partition coefficient (Wildman–Crippen LogP) is 0.773. The fraction of sp³-hybridized carbons (Fsp3) is 0.429. The Morgan fingerprint density at radius 3 is 2.50 bits per heavy atom. The monoisotopic (exact) mass is 386 g/mol. The normalized spacial score (nSPS) is 31.2. The summed E-state index contributed by atoms with van der Waals surface area (Å²) in [5.41, 5.74) is 0.693. The van der Waals surface area contributed by atoms with Crippen LogP contribution in [0.1, 0.15) is 12.8 Å². The minimum absolute atomic E-state index is 0.296. The molecule has 0 aromatic heterocycles. The first-order valence-corrected chi connectivity index (χ1v) is 7.57. The second-order valence-corrected chi connectivity index (χ2v) is 6.29. The lowest BCUT2D eigenvalue weighted by Crippen LogP contribution is -2.46. The molecule has 0 spiro atoms. The molecule has 2 aliphatic heterocycles. The van der Waals surface area contributed by atoms with Gasteiger partial charge in [-0.25, -0.2) is 0 Å². The van der Waals surface area contributed by atoms with Crippen molar-refractivity contribution in [3.63, 3.8) is 0 Å². The van der Waals surface area contributed by atoms with E-state index in [1.54, 1.807) is 6.07 Å². The van der Waals surface area contributed by atoms with Crippen LogP contribution >= 0.6 is 22.6 Å². The molecular weight excluding hydrogens is 373 g/mol. The third-order valence-electron chi connectivity index (χ3n) is 3.98. The highest BCUT2D eigenvalue weighted by molar-refractivity contribution is 14.1. The maximum atomic E-state index is 12.4. The number of carboxylic acids is 1. The van der Waals surface area contributed by atoms with Gasteiger partial charge in [0.1, 0.15) is 0 Å². The first-order chi connectivity index (χ1) is 9.58. The quantitative estimate of drug-likeness (QED) is 0.779. The van der Waals surface area contributed by atoms with Crippen molar-refractivity contribution in [2.45, 2.75) is 25.0 Å². The average Bonchev–Trinajstić information content (AvgIpc) is 3.01. The zero-order valence-electron chi connectivity index (χ0n) is 10.5. The molecule has 20 heavy (non-hydrogen) atoms. The van der Waals surface area contributed by atoms with Gasteiger partial charge in [-0.2, -0.15) is 0 Å². The minimum Gasteiger partial charge on any atom is -0.550 e. The van der Waals surface area contributed by atoms with Crippen molar-refractivity contribution in [1.29, 1.82) is 0 Å². The van der Waals surface area contributed by atoms with E-state index < -0.39 is 17.8 Å². The summed E-state index contributed by atoms with van der Waals surface area (Å²) < 4.78 is 6.47. The molecule has 2 fully saturated rings. The van der Waals surface area contributed by atoms with Gasteiger partial charge in [0.05, 0.1) is 23.8 Å². The van der Waals surface area contributed by atoms with Crippen LogP contribution in [0.3, 0.4) is 0 Å². The fourth-order valence-electron chi connectivity index (χ4n) is 3.09. The van der Waals surface area contributed by atoms with Crippen LogP contribution in [0, 0.1) is 15.4 Å². The van der Waals surface area contributed by atoms with Gasteiger partial charge in [-0.15, -0.1) is 0 Å². The molecule has 2 aliphatic rings. The van der Waals surface area contributed by atoms with E-state index in [0.29, 0.717) is 12.1 Å². The summed E-state index contributed by atoms with van der Waals surface area (Å²) in [4.78, 5) is 23.6. The number of anilines is 1. The second kappa shape index (κ2) is 5.33. The lowest BCUT2D eigenvalue weighted by molar-refractivity contribution is -0.313. The van der Waals surface area contributed by atoms with Crippen LogP contribution in [-0.2, 0) is 14.3 Å². The number of carbonyl (C=O) groups excluding carboxylic acids is 2. The number of carbonyl (C=O) groups is 2. The van der Waals surface area contributed by atoms with Crippen LogP contribution in [0.4, 0.5) is 5.69 Å². The molecule has 0 radical (unpaired) electrons. The molecule has 1 aromatic rings. The van der Waals surface area contributed by atoms with Gasteiger partial charge >= 0.3 is 0 Å². The standard InChI is InChI=1S/C14H14INO4/c15-7-3-1-2-4-8(7)16-13(17)11-9-5-6-10(20-9)12(11)14(18)19/h1-4,9-12H,5-6H2,(H,16,17)(H,18,19)/p-1/t9-,10+,11+,12-/m0/s1. The molecular formula is C14H13INO4-. The second-order valence-electron chi connectivity index (χ2n) is 5.13. The molecule has 6 heteroatoms. The van der Waals surface area contributed by atoms with Gasteiger partial charge in [-0.3, -0.25) is 4.79 Å². The summed E-state index contributed by atoms with van der Waals surface area (Å²) in [5, 5.41) is 14.1. The summed E-state index contributed by atoms with van der Waals surface area (Å²) in [6.45, 7) is 0. The van der Waals surface area contributed by atoms with Crippen molar-refractivity contribution in [3.05, 3.63) is 27.8 Å². The lowest BCUT2D eigenvalue weighted by Gasteiger charge is -2.27. The highest BCUT2D eigenvalue weighted by Gasteiger charge is 2.52. The van der Waals surface area contributed by atoms with E-state index in [2.05, 4.69) is 27.9 Å². The predicted molar refractivity (Wildman–Crippen MR) is 77.7 cm³/mol. The summed E-state index contributed by atoms with van der Waals surface area (Å²) in [5.74, 6) is -2.99. The number of ether oxygens (including phenoxy) is 1. The Labute approximate surface area is 129 Å². The summed E-state index contributed by atoms with van der Waals surface area (Å²) >= 11 is 2.12. The third kappa shape index (κ3) is 2.31. The smallest absolute Gasteiger partial charge is 0.230 e. The molecule has 3 rings (SSSR count). The SMILES string of the molecule is O=C([O-])[C@@H]1[C@H](C(=O)Nc2ccccc2I)[C@@H]2CC[C@H]1O2. The number of rotatable bonds is 3. The van der Waals surface area contributed by atoms with Crippen molar-refractivity contribution in [2.24, 2.45) is 11.8 Å². The van der Waals surface area contributed by atoms with Gasteiger partial charge in [0.2, 0.25) is 5.91 Å². The number of halogens is 1. The van der Waals surface area contributed by atoms with Gasteiger partial charge in [-0.05, 0) is 47.6 Å². The molecule has 4 atom stereocenters. The van der Waals surface area contributed by atoms with Crippen LogP contribution in [0.2, 0.25) is 0 Å². The minimum atomic E-state index is -1.19. The number of benzene rings is 1. The van der Waals surface area contributed by atoms with E-state index in [1.165, 1.54) is 0 Å². The van der Waals surface area contributed by atoms with Gasteiger partial charge in [-0.1, -0.05) is 12.1 Å². The lowest BCUT2D eigenvalue weighted by atomic mass is 9.78. The zero-order chi connectivity index (χ0) is 14.3. The Balaban J connectivity index is 1.80. The Morgan fingerprint density at radius 2 is 1.85 bits per heavy atom. The number of aliphatic carboxylic acids is 1. The van der Waals surface area contributed by atoms with Gasteiger partial charge < -0.3 is 20.0 Å². The topological polar surface area (TPSA) is 78.5 Å². The van der Waals surface area contributed by atoms with Crippen molar-refractivity contribution >= 4 is 40.2 Å². The maximum Gasteiger partial charge on any atom is 0.230 e. The van der Waals surface area contributed by atoms with Crippen LogP contribution in [0.15, 0.2) is 24.3 Å². The molecule has 1 aromatic carbocycles. The van der Waals surface area contributed by atoms with Crippen molar-refractivity contribution in [1.82, 2.24) is 0 Å². The first-order valence-electron chi connectivity index (χ1n) is 6.49. The van der Waals surface area contributed by atoms with Gasteiger partial charge in [0.15, 0.2) is 0 Å². The largest absolute Gasteiger partial charge is 0.550 e. The Morgan fingerprint density at radius 1 is 1.20 bits per heavy atom. The molecule has 1 amide bonds. The number of fused-ring (bicyclic) bond motifs is 2. The van der Waals surface area contributed by atoms with E-state index >= 15 is 0 Å². The molecule has 106 valence electrons. The number of nitrogens with one attached hydrogen (secondary N) is 1. The molecule has 2 heterocycles. The van der Waals surface area contributed by atoms with E-state index in [-0.39, 0.29) is 18.1 Å². The molecule has 2 bridgehead atoms. The highest BCUT2D eigenvalue weighted by atomic mass is 127. The van der Waals surface area contributed by atoms with Crippen molar-refractivity contribution in [3.8, 4) is 0 Å². The van der Waals surface area contributed by atoms with Crippen LogP contribution in [0.25, 0.3) is 0 Å². The Bertz CT molecular complexity index is 562. The van der Waals surface area contributed by atoms with Crippen molar-refractivity contribution in [2.75, 3.05) is 5.32 Å². The molecule has 1 N–H and O–H groups in total. The molecule has 2 saturated heterocycles. The summed E-state index contributed by atoms with van der Waals surface area (Å²) in [6.07, 6.45) is 0.744. The summed E-state index contributed by atoms with van der Waals surface area (Å²) in [6, 6.07) is 7.37. The Kier molecular flexibility index (Phi) is 3.68. The van der Waals surface area contributed by atoms with Gasteiger partial charge in [0, 0.05) is 15.5 Å². The van der Waals surface area contributed by atoms with Gasteiger partial charge in [0.25, 0.3) is 0 Å². The first kappa shape index (κ1) is 13.8. The molecule has 5 nitrogen and oxygen atoms in total. The number of amides is 1. The molecule has 0 unspecified atom stereocenters. The molecule has 0 aliphatic carbocycles.